The number of piperazine rings is 1. The van der Waals surface area contributed by atoms with E-state index in [2.05, 4.69) is 15.2 Å². The Hall–Kier alpha value is -4.68. The highest BCUT2D eigenvalue weighted by Crippen LogP contribution is 2.29. The number of hydrogen-bond donors (Lipinski definition) is 2. The number of carboxylic acids is 1. The van der Waals surface area contributed by atoms with Crippen molar-refractivity contribution in [2.45, 2.75) is 64.3 Å². The third kappa shape index (κ3) is 9.70. The van der Waals surface area contributed by atoms with Gasteiger partial charge in [-0.1, -0.05) is 43.7 Å². The molecule has 3 aliphatic heterocycles. The van der Waals surface area contributed by atoms with Crippen molar-refractivity contribution in [2.75, 3.05) is 63.9 Å². The molecule has 0 radical (unpaired) electrons. The standard InChI is InChI=1S/C36H48N6O7/c1-2-3-22-49-36(48)41-20-18-40(19-21-41)35(47)29(11-12-33(44)45)38-34(46)31-24-28(23-30(37-31)27-8-5-4-6-9-27)39-16-13-26(14-17-39)25-42-15-7-10-32(42)43/h4-6,8-9,23-24,26,29H,2-3,7,10-22,25H2,1H3,(H,38,46)(H,44,45)/t29-/m0/s1. The van der Waals surface area contributed by atoms with Gasteiger partial charge in [0.1, 0.15) is 11.7 Å². The summed E-state index contributed by atoms with van der Waals surface area (Å²) in [6.45, 7) is 6.57. The van der Waals surface area contributed by atoms with Crippen LogP contribution in [0.4, 0.5) is 10.5 Å². The first-order valence-corrected chi connectivity index (χ1v) is 17.5. The highest BCUT2D eigenvalue weighted by Gasteiger charge is 2.32. The SMILES string of the molecule is CCCCOC(=O)N1CCN(C(=O)[C@H](CCC(=O)O)NC(=O)c2cc(N3CCC(CN4CCCC4=O)CC3)cc(-c3ccccc3)n2)CC1. The van der Waals surface area contributed by atoms with Crippen LogP contribution in [0.15, 0.2) is 42.5 Å². The maximum absolute atomic E-state index is 13.8. The van der Waals surface area contributed by atoms with E-state index < -0.39 is 29.9 Å². The topological polar surface area (TPSA) is 153 Å². The average Bonchev–Trinajstić information content (AvgIpc) is 3.53. The van der Waals surface area contributed by atoms with Gasteiger partial charge in [0.15, 0.2) is 0 Å². The molecule has 2 aromatic rings. The van der Waals surface area contributed by atoms with Gasteiger partial charge in [-0.25, -0.2) is 9.78 Å². The minimum atomic E-state index is -1.08. The molecule has 1 aromatic carbocycles. The van der Waals surface area contributed by atoms with Crippen LogP contribution in [-0.4, -0.2) is 120 Å². The second kappa shape index (κ2) is 17.1. The van der Waals surface area contributed by atoms with Crippen molar-refractivity contribution in [1.29, 1.82) is 0 Å². The zero-order valence-corrected chi connectivity index (χ0v) is 28.3. The van der Waals surface area contributed by atoms with Gasteiger partial charge in [0.05, 0.1) is 12.3 Å². The number of unbranched alkanes of at least 4 members (excludes halogenated alkanes) is 1. The number of carboxylic acid groups (broad SMARTS) is 1. The molecule has 13 nitrogen and oxygen atoms in total. The molecule has 49 heavy (non-hydrogen) atoms. The molecule has 4 amide bonds. The fraction of sp³-hybridized carbons (Fsp3) is 0.556. The summed E-state index contributed by atoms with van der Waals surface area (Å²) >= 11 is 0. The summed E-state index contributed by atoms with van der Waals surface area (Å²) in [5, 5.41) is 12.2. The van der Waals surface area contributed by atoms with E-state index in [9.17, 15) is 29.1 Å². The molecule has 3 aliphatic rings. The zero-order valence-electron chi connectivity index (χ0n) is 28.3. The van der Waals surface area contributed by atoms with Crippen LogP contribution >= 0.6 is 0 Å². The lowest BCUT2D eigenvalue weighted by atomic mass is 9.95. The van der Waals surface area contributed by atoms with E-state index >= 15 is 0 Å². The van der Waals surface area contributed by atoms with Crippen LogP contribution in [-0.2, 0) is 19.1 Å². The Bertz CT molecular complexity index is 1470. The summed E-state index contributed by atoms with van der Waals surface area (Å²) in [4.78, 5) is 75.6. The van der Waals surface area contributed by atoms with Crippen LogP contribution in [0.5, 0.6) is 0 Å². The third-order valence-electron chi connectivity index (χ3n) is 9.57. The zero-order chi connectivity index (χ0) is 34.8. The van der Waals surface area contributed by atoms with E-state index in [0.29, 0.717) is 24.6 Å². The highest BCUT2D eigenvalue weighted by atomic mass is 16.6. The predicted molar refractivity (Wildman–Crippen MR) is 183 cm³/mol. The first-order valence-electron chi connectivity index (χ1n) is 17.5. The summed E-state index contributed by atoms with van der Waals surface area (Å²) in [7, 11) is 0. The number of anilines is 1. The Kier molecular flexibility index (Phi) is 12.4. The van der Waals surface area contributed by atoms with E-state index in [1.807, 2.05) is 48.2 Å². The number of benzene rings is 1. The molecule has 2 N–H and O–H groups in total. The van der Waals surface area contributed by atoms with Gasteiger partial charge in [-0.3, -0.25) is 19.2 Å². The molecular weight excluding hydrogens is 628 g/mol. The van der Waals surface area contributed by atoms with Gasteiger partial charge in [0, 0.05) is 76.5 Å². The Balaban J connectivity index is 1.28. The number of carbonyl (C=O) groups is 5. The molecule has 0 spiro atoms. The number of likely N-dealkylation sites (tertiary alicyclic amines) is 1. The van der Waals surface area contributed by atoms with Crippen molar-refractivity contribution in [3.63, 3.8) is 0 Å². The number of pyridine rings is 1. The van der Waals surface area contributed by atoms with Crippen molar-refractivity contribution < 1.29 is 33.8 Å². The number of aliphatic carboxylic acids is 1. The smallest absolute Gasteiger partial charge is 0.409 e. The van der Waals surface area contributed by atoms with Crippen molar-refractivity contribution in [2.24, 2.45) is 5.92 Å². The number of hydrogen-bond acceptors (Lipinski definition) is 8. The molecule has 1 atom stereocenters. The van der Waals surface area contributed by atoms with Gasteiger partial charge < -0.3 is 34.8 Å². The van der Waals surface area contributed by atoms with Crippen LogP contribution in [0.3, 0.4) is 0 Å². The minimum absolute atomic E-state index is 0.0859. The van der Waals surface area contributed by atoms with Crippen LogP contribution in [0, 0.1) is 5.92 Å². The molecule has 264 valence electrons. The lowest BCUT2D eigenvalue weighted by Gasteiger charge is -2.36. The molecule has 3 saturated heterocycles. The Labute approximate surface area is 287 Å². The van der Waals surface area contributed by atoms with E-state index in [0.717, 1.165) is 69.5 Å². The van der Waals surface area contributed by atoms with E-state index in [4.69, 9.17) is 4.74 Å². The van der Waals surface area contributed by atoms with Gasteiger partial charge in [0.25, 0.3) is 5.91 Å². The molecule has 4 heterocycles. The Morgan fingerprint density at radius 3 is 2.35 bits per heavy atom. The molecule has 13 heteroatoms. The number of nitrogens with zero attached hydrogens (tertiary/aromatic N) is 5. The van der Waals surface area contributed by atoms with Gasteiger partial charge in [-0.15, -0.1) is 0 Å². The van der Waals surface area contributed by atoms with Crippen molar-refractivity contribution in [3.8, 4) is 11.3 Å². The van der Waals surface area contributed by atoms with Gasteiger partial charge >= 0.3 is 12.1 Å². The van der Waals surface area contributed by atoms with Gasteiger partial charge in [-0.05, 0) is 50.2 Å². The molecule has 0 unspecified atom stereocenters. The van der Waals surface area contributed by atoms with E-state index in [-0.39, 0.29) is 50.6 Å². The van der Waals surface area contributed by atoms with Crippen LogP contribution in [0.2, 0.25) is 0 Å². The molecule has 0 saturated carbocycles. The maximum atomic E-state index is 13.8. The van der Waals surface area contributed by atoms with Crippen LogP contribution in [0.25, 0.3) is 11.3 Å². The molecule has 0 aliphatic carbocycles. The summed E-state index contributed by atoms with van der Waals surface area (Å²) < 4.78 is 5.30. The third-order valence-corrected chi connectivity index (χ3v) is 9.57. The second-order valence-corrected chi connectivity index (χ2v) is 13.1. The number of ether oxygens (including phenoxy) is 1. The first kappa shape index (κ1) is 35.6. The predicted octanol–water partition coefficient (Wildman–Crippen LogP) is 3.63. The number of piperidine rings is 1. The highest BCUT2D eigenvalue weighted by molar-refractivity contribution is 5.97. The Morgan fingerprint density at radius 2 is 1.69 bits per heavy atom. The number of aromatic nitrogens is 1. The number of carbonyl (C=O) groups excluding carboxylic acids is 4. The molecule has 3 fully saturated rings. The second-order valence-electron chi connectivity index (χ2n) is 13.1. The largest absolute Gasteiger partial charge is 0.481 e. The van der Waals surface area contributed by atoms with Crippen LogP contribution in [0.1, 0.15) is 68.8 Å². The van der Waals surface area contributed by atoms with Crippen molar-refractivity contribution in [1.82, 2.24) is 25.0 Å². The van der Waals surface area contributed by atoms with E-state index in [1.54, 1.807) is 15.9 Å². The first-order chi connectivity index (χ1) is 23.7. The van der Waals surface area contributed by atoms with E-state index in [1.165, 1.54) is 0 Å². The fourth-order valence-corrected chi connectivity index (χ4v) is 6.64. The molecule has 5 rings (SSSR count). The lowest BCUT2D eigenvalue weighted by molar-refractivity contribution is -0.138. The lowest BCUT2D eigenvalue weighted by Crippen LogP contribution is -2.56. The number of amides is 4. The van der Waals surface area contributed by atoms with Crippen LogP contribution < -0.4 is 10.2 Å². The van der Waals surface area contributed by atoms with Gasteiger partial charge in [0.2, 0.25) is 11.8 Å². The monoisotopic (exact) mass is 676 g/mol. The molecule has 1 aromatic heterocycles. The summed E-state index contributed by atoms with van der Waals surface area (Å²) in [6, 6.07) is 12.2. The van der Waals surface area contributed by atoms with Gasteiger partial charge in [-0.2, -0.15) is 0 Å². The molecule has 0 bridgehead atoms. The summed E-state index contributed by atoms with van der Waals surface area (Å²) in [5.74, 6) is -1.37. The summed E-state index contributed by atoms with van der Waals surface area (Å²) in [5.41, 5.74) is 2.42. The normalized spacial score (nSPS) is 17.6. The number of nitrogens with one attached hydrogen (secondary N) is 1. The Morgan fingerprint density at radius 1 is 0.980 bits per heavy atom. The average molecular weight is 677 g/mol. The maximum Gasteiger partial charge on any atom is 0.409 e. The molecular formula is C36H48N6O7. The minimum Gasteiger partial charge on any atom is -0.481 e. The summed E-state index contributed by atoms with van der Waals surface area (Å²) in [6.07, 6.45) is 4.29. The number of rotatable bonds is 13. The van der Waals surface area contributed by atoms with Crippen molar-refractivity contribution >= 4 is 35.5 Å². The van der Waals surface area contributed by atoms with Crippen molar-refractivity contribution in [3.05, 3.63) is 48.2 Å². The quantitative estimate of drug-likeness (QED) is 0.303. The fourth-order valence-electron chi connectivity index (χ4n) is 6.64.